The molecule has 1 heterocycles. The smallest absolute Gasteiger partial charge is 0.510 e. The van der Waals surface area contributed by atoms with Crippen LogP contribution >= 0.6 is 11.6 Å². The minimum atomic E-state index is -1.73. The van der Waals surface area contributed by atoms with E-state index in [4.69, 9.17) is 21.2 Å². The zero-order chi connectivity index (χ0) is 18.8. The Kier molecular flexibility index (Phi) is 8.60. The van der Waals surface area contributed by atoms with E-state index in [-0.39, 0.29) is 93.6 Å². The topological polar surface area (TPSA) is 88.1 Å². The number of carbonyl (C=O) groups excluding carboxylic acids is 2. The van der Waals surface area contributed by atoms with Crippen molar-refractivity contribution < 1.29 is 80.4 Å². The van der Waals surface area contributed by atoms with E-state index >= 15 is 0 Å². The standard InChI is InChI=1S/C17H20ClNO6.K/c1-10(2)8-23-13-6-12(18)11(5-14(13)25-16(21)22)7-19-15(20)17(3,4)9-24-19;/h5-6H,1,7-9H2,2-4H3,(H,21,22);/q;+1/p-1. The maximum absolute atomic E-state index is 12.2. The molecule has 0 unspecified atom stereocenters. The zero-order valence-electron chi connectivity index (χ0n) is 15.3. The Hall–Kier alpha value is -0.614. The van der Waals surface area contributed by atoms with Gasteiger partial charge in [0, 0.05) is 11.1 Å². The van der Waals surface area contributed by atoms with Crippen LogP contribution in [-0.2, 0) is 16.2 Å². The molecule has 1 aromatic rings. The molecular weight excluding hydrogens is 389 g/mol. The molecule has 0 bridgehead atoms. The Bertz CT molecular complexity index is 721. The number of amides is 1. The number of carboxylic acid groups (broad SMARTS) is 1. The van der Waals surface area contributed by atoms with Gasteiger partial charge < -0.3 is 19.4 Å². The molecule has 0 atom stereocenters. The van der Waals surface area contributed by atoms with E-state index in [1.54, 1.807) is 20.8 Å². The average molecular weight is 408 g/mol. The molecule has 1 aliphatic heterocycles. The molecule has 1 aliphatic rings. The van der Waals surface area contributed by atoms with E-state index in [0.29, 0.717) is 5.56 Å². The summed E-state index contributed by atoms with van der Waals surface area (Å²) in [4.78, 5) is 28.4. The van der Waals surface area contributed by atoms with Gasteiger partial charge in [0.2, 0.25) is 0 Å². The van der Waals surface area contributed by atoms with Crippen LogP contribution in [0.1, 0.15) is 26.3 Å². The second-order valence-corrected chi connectivity index (χ2v) is 6.89. The molecule has 26 heavy (non-hydrogen) atoms. The summed E-state index contributed by atoms with van der Waals surface area (Å²) >= 11 is 6.24. The minimum absolute atomic E-state index is 0. The number of ether oxygens (including phenoxy) is 2. The largest absolute Gasteiger partial charge is 1.00 e. The molecule has 9 heteroatoms. The molecule has 7 nitrogen and oxygen atoms in total. The van der Waals surface area contributed by atoms with Gasteiger partial charge >= 0.3 is 51.4 Å². The first kappa shape index (κ1) is 23.4. The van der Waals surface area contributed by atoms with Crippen molar-refractivity contribution in [3.05, 3.63) is 34.9 Å². The summed E-state index contributed by atoms with van der Waals surface area (Å²) in [5.74, 6) is -0.130. The summed E-state index contributed by atoms with van der Waals surface area (Å²) in [6.45, 7) is 9.48. The summed E-state index contributed by atoms with van der Waals surface area (Å²) in [6, 6.07) is 2.80. The molecule has 2 rings (SSSR count). The molecule has 0 radical (unpaired) electrons. The fourth-order valence-electron chi connectivity index (χ4n) is 2.15. The number of hydrogen-bond donors (Lipinski definition) is 0. The van der Waals surface area contributed by atoms with Gasteiger partial charge in [-0.05, 0) is 38.0 Å². The Morgan fingerprint density at radius 2 is 2.08 bits per heavy atom. The first-order valence-electron chi connectivity index (χ1n) is 7.53. The van der Waals surface area contributed by atoms with Crippen molar-refractivity contribution in [2.24, 2.45) is 5.41 Å². The van der Waals surface area contributed by atoms with Gasteiger partial charge in [0.1, 0.15) is 12.4 Å². The van der Waals surface area contributed by atoms with Crippen molar-refractivity contribution >= 4 is 23.7 Å². The predicted octanol–water partition coefficient (Wildman–Crippen LogP) is -0.679. The molecular formula is C17H19ClKNO6. The summed E-state index contributed by atoms with van der Waals surface area (Å²) < 4.78 is 10.1. The molecule has 0 aromatic heterocycles. The number of halogens is 1. The van der Waals surface area contributed by atoms with E-state index in [9.17, 15) is 14.7 Å². The number of nitrogens with zero attached hydrogens (tertiary/aromatic N) is 1. The van der Waals surface area contributed by atoms with Crippen LogP contribution in [0.25, 0.3) is 0 Å². The first-order chi connectivity index (χ1) is 11.6. The van der Waals surface area contributed by atoms with E-state index in [0.717, 1.165) is 5.57 Å². The maximum atomic E-state index is 12.2. The number of hydroxylamine groups is 2. The van der Waals surface area contributed by atoms with Gasteiger partial charge in [0.25, 0.3) is 12.1 Å². The average Bonchev–Trinajstić information content (AvgIpc) is 2.75. The van der Waals surface area contributed by atoms with E-state index in [2.05, 4.69) is 11.3 Å². The van der Waals surface area contributed by atoms with Gasteiger partial charge in [-0.25, -0.2) is 5.06 Å². The van der Waals surface area contributed by atoms with Crippen LogP contribution in [0.15, 0.2) is 24.3 Å². The molecule has 0 saturated carbocycles. The third-order valence-electron chi connectivity index (χ3n) is 3.48. The second kappa shape index (κ2) is 9.54. The Balaban J connectivity index is 0.00000338. The fourth-order valence-corrected chi connectivity index (χ4v) is 2.36. The third-order valence-corrected chi connectivity index (χ3v) is 3.83. The monoisotopic (exact) mass is 407 g/mol. The van der Waals surface area contributed by atoms with Crippen LogP contribution in [0, 0.1) is 5.41 Å². The Morgan fingerprint density at radius 3 is 2.58 bits per heavy atom. The van der Waals surface area contributed by atoms with Gasteiger partial charge in [-0.2, -0.15) is 0 Å². The van der Waals surface area contributed by atoms with Crippen molar-refractivity contribution in [2.45, 2.75) is 27.3 Å². The van der Waals surface area contributed by atoms with Crippen LogP contribution in [0.2, 0.25) is 5.02 Å². The van der Waals surface area contributed by atoms with Crippen LogP contribution in [0.4, 0.5) is 4.79 Å². The predicted molar refractivity (Wildman–Crippen MR) is 88.1 cm³/mol. The Labute approximate surface area is 199 Å². The summed E-state index contributed by atoms with van der Waals surface area (Å²) in [5.41, 5.74) is 0.561. The van der Waals surface area contributed by atoms with Gasteiger partial charge in [-0.15, -0.1) is 0 Å². The van der Waals surface area contributed by atoms with Crippen molar-refractivity contribution in [2.75, 3.05) is 13.2 Å². The van der Waals surface area contributed by atoms with Crippen molar-refractivity contribution in [1.29, 1.82) is 0 Å². The van der Waals surface area contributed by atoms with Gasteiger partial charge in [-0.1, -0.05) is 18.2 Å². The fraction of sp³-hybridized carbons (Fsp3) is 0.412. The number of hydrogen-bond acceptors (Lipinski definition) is 6. The number of carbonyl (C=O) groups is 2. The summed E-state index contributed by atoms with van der Waals surface area (Å²) in [6.07, 6.45) is -1.73. The van der Waals surface area contributed by atoms with Gasteiger partial charge in [0.05, 0.1) is 24.3 Å². The van der Waals surface area contributed by atoms with E-state index < -0.39 is 11.6 Å². The van der Waals surface area contributed by atoms with E-state index in [1.165, 1.54) is 17.2 Å². The van der Waals surface area contributed by atoms with Crippen molar-refractivity contribution in [1.82, 2.24) is 5.06 Å². The molecule has 1 aromatic carbocycles. The van der Waals surface area contributed by atoms with Crippen LogP contribution in [0.5, 0.6) is 11.5 Å². The maximum Gasteiger partial charge on any atom is 1.00 e. The minimum Gasteiger partial charge on any atom is -0.510 e. The quantitative estimate of drug-likeness (QED) is 0.269. The van der Waals surface area contributed by atoms with Crippen LogP contribution in [-0.4, -0.2) is 30.3 Å². The number of benzene rings is 1. The normalized spacial score (nSPS) is 15.4. The molecule has 136 valence electrons. The van der Waals surface area contributed by atoms with Crippen LogP contribution < -0.4 is 66.0 Å². The van der Waals surface area contributed by atoms with Gasteiger partial charge in [-0.3, -0.25) is 9.63 Å². The zero-order valence-corrected chi connectivity index (χ0v) is 19.1. The molecule has 0 spiro atoms. The molecule has 1 amide bonds. The number of rotatable bonds is 6. The van der Waals surface area contributed by atoms with Crippen molar-refractivity contribution in [3.8, 4) is 11.5 Å². The van der Waals surface area contributed by atoms with E-state index in [1.807, 2.05) is 0 Å². The third kappa shape index (κ3) is 5.95. The molecule has 0 aliphatic carbocycles. The first-order valence-corrected chi connectivity index (χ1v) is 7.91. The molecule has 1 saturated heterocycles. The SMILES string of the molecule is C=C(C)COc1cc(Cl)c(CN2OCC(C)(C)C2=O)cc1OC(=O)[O-].[K+]. The van der Waals surface area contributed by atoms with Crippen molar-refractivity contribution in [3.63, 3.8) is 0 Å². The molecule has 1 fully saturated rings. The summed E-state index contributed by atoms with van der Waals surface area (Å²) in [7, 11) is 0. The molecule has 0 N–H and O–H groups in total. The summed E-state index contributed by atoms with van der Waals surface area (Å²) in [5, 5.41) is 12.3. The Morgan fingerprint density at radius 1 is 1.42 bits per heavy atom. The second-order valence-electron chi connectivity index (χ2n) is 6.49. The van der Waals surface area contributed by atoms with Crippen LogP contribution in [0.3, 0.4) is 0 Å². The van der Waals surface area contributed by atoms with Gasteiger partial charge in [0.15, 0.2) is 0 Å².